The minimum atomic E-state index is -0.956. The predicted octanol–water partition coefficient (Wildman–Crippen LogP) is 4.31. The normalized spacial score (nSPS) is 37.2. The van der Waals surface area contributed by atoms with Crippen LogP contribution >= 0.6 is 8.53 Å². The van der Waals surface area contributed by atoms with E-state index in [1.807, 2.05) is 6.20 Å². The van der Waals surface area contributed by atoms with Crippen LogP contribution in [-0.2, 0) is 9.05 Å². The first-order valence-corrected chi connectivity index (χ1v) is 8.27. The molecule has 2 rings (SSSR count). The highest BCUT2D eigenvalue weighted by atomic mass is 31.2. The summed E-state index contributed by atoms with van der Waals surface area (Å²) in [5, 5.41) is 0. The van der Waals surface area contributed by atoms with Gasteiger partial charge in [0.2, 0.25) is 0 Å². The van der Waals surface area contributed by atoms with Gasteiger partial charge >= 0.3 is 0 Å². The van der Waals surface area contributed by atoms with Crippen molar-refractivity contribution in [1.82, 2.24) is 4.67 Å². The van der Waals surface area contributed by atoms with Crippen LogP contribution < -0.4 is 0 Å². The van der Waals surface area contributed by atoms with Crippen molar-refractivity contribution < 1.29 is 9.05 Å². The first kappa shape index (κ1) is 14.3. The van der Waals surface area contributed by atoms with Crippen molar-refractivity contribution in [1.29, 1.82) is 0 Å². The average Bonchev–Trinajstić information content (AvgIpc) is 2.47. The molecule has 0 N–H and O–H groups in total. The van der Waals surface area contributed by atoms with Crippen molar-refractivity contribution in [3.63, 3.8) is 0 Å². The highest BCUT2D eigenvalue weighted by Gasteiger charge is 2.40. The molecule has 104 valence electrons. The molecular weight excluding hydrogens is 245 g/mol. The number of rotatable bonds is 3. The van der Waals surface area contributed by atoms with Gasteiger partial charge in [-0.05, 0) is 38.5 Å². The Hall–Kier alpha value is -0.110. The summed E-state index contributed by atoms with van der Waals surface area (Å²) in [6.07, 6.45) is 7.40. The van der Waals surface area contributed by atoms with Crippen molar-refractivity contribution in [2.45, 2.75) is 58.6 Å². The Morgan fingerprint density at radius 1 is 1.39 bits per heavy atom. The van der Waals surface area contributed by atoms with Crippen LogP contribution in [0.5, 0.6) is 0 Å². The van der Waals surface area contributed by atoms with Crippen molar-refractivity contribution >= 4 is 8.53 Å². The molecule has 0 amide bonds. The highest BCUT2D eigenvalue weighted by Crippen LogP contribution is 2.53. The third-order valence-corrected chi connectivity index (χ3v) is 5.79. The molecule has 2 aliphatic rings. The lowest BCUT2D eigenvalue weighted by atomic mass is 9.77. The number of hydrogen-bond acceptors (Lipinski definition) is 3. The van der Waals surface area contributed by atoms with Gasteiger partial charge in [0.15, 0.2) is 0 Å². The molecule has 0 aromatic heterocycles. The molecule has 1 saturated heterocycles. The van der Waals surface area contributed by atoms with Gasteiger partial charge in [-0.1, -0.05) is 26.3 Å². The molecule has 0 radical (unpaired) electrons. The zero-order chi connectivity index (χ0) is 13.1. The molecular formula is C14H26NO2P. The minimum Gasteiger partial charge on any atom is -0.317 e. The fourth-order valence-electron chi connectivity index (χ4n) is 3.09. The van der Waals surface area contributed by atoms with Gasteiger partial charge in [-0.15, -0.1) is 0 Å². The molecule has 1 unspecified atom stereocenters. The Morgan fingerprint density at radius 2 is 2.11 bits per heavy atom. The van der Waals surface area contributed by atoms with E-state index in [0.717, 1.165) is 12.5 Å². The van der Waals surface area contributed by atoms with Crippen LogP contribution in [0.4, 0.5) is 0 Å². The van der Waals surface area contributed by atoms with Gasteiger partial charge in [-0.2, -0.15) is 0 Å². The topological polar surface area (TPSA) is 21.7 Å². The van der Waals surface area contributed by atoms with E-state index < -0.39 is 8.53 Å². The predicted molar refractivity (Wildman–Crippen MR) is 76.0 cm³/mol. The van der Waals surface area contributed by atoms with E-state index in [-0.39, 0.29) is 6.10 Å². The van der Waals surface area contributed by atoms with Crippen LogP contribution in [0, 0.1) is 11.8 Å². The lowest BCUT2D eigenvalue weighted by Crippen LogP contribution is -2.38. The fourth-order valence-corrected chi connectivity index (χ4v) is 4.78. The molecule has 0 aromatic carbocycles. The van der Waals surface area contributed by atoms with Crippen molar-refractivity contribution in [3.05, 3.63) is 12.8 Å². The average molecular weight is 271 g/mol. The maximum atomic E-state index is 6.02. The van der Waals surface area contributed by atoms with Gasteiger partial charge < -0.3 is 13.7 Å². The lowest BCUT2D eigenvalue weighted by Gasteiger charge is -2.40. The van der Waals surface area contributed by atoms with Gasteiger partial charge in [0.05, 0.1) is 12.7 Å². The molecule has 1 heterocycles. The fraction of sp³-hybridized carbons (Fsp3) is 0.857. The summed E-state index contributed by atoms with van der Waals surface area (Å²) in [6, 6.07) is 0.568. The molecule has 1 aliphatic carbocycles. The van der Waals surface area contributed by atoms with E-state index in [9.17, 15) is 0 Å². The summed E-state index contributed by atoms with van der Waals surface area (Å²) >= 11 is 0. The zero-order valence-corrected chi connectivity index (χ0v) is 12.7. The van der Waals surface area contributed by atoms with Crippen LogP contribution in [0.2, 0.25) is 0 Å². The summed E-state index contributed by atoms with van der Waals surface area (Å²) in [5.41, 5.74) is 0. The second-order valence-corrected chi connectivity index (χ2v) is 7.15. The molecule has 2 fully saturated rings. The van der Waals surface area contributed by atoms with Crippen LogP contribution in [0.15, 0.2) is 12.8 Å². The van der Waals surface area contributed by atoms with E-state index in [1.54, 1.807) is 0 Å². The van der Waals surface area contributed by atoms with Crippen molar-refractivity contribution in [3.8, 4) is 0 Å². The Labute approximate surface area is 112 Å². The van der Waals surface area contributed by atoms with E-state index >= 15 is 0 Å². The largest absolute Gasteiger partial charge is 0.317 e. The maximum absolute atomic E-state index is 6.02. The summed E-state index contributed by atoms with van der Waals surface area (Å²) < 4.78 is 14.3. The molecule has 4 atom stereocenters. The number of hydrogen-bond donors (Lipinski definition) is 0. The molecule has 1 aliphatic heterocycles. The molecule has 0 aromatic rings. The van der Waals surface area contributed by atoms with Gasteiger partial charge in [0, 0.05) is 12.2 Å². The van der Waals surface area contributed by atoms with Gasteiger partial charge in [0.25, 0.3) is 8.53 Å². The van der Waals surface area contributed by atoms with Crippen LogP contribution in [0.25, 0.3) is 0 Å². The summed E-state index contributed by atoms with van der Waals surface area (Å²) in [7, 11) is -0.956. The molecule has 0 bridgehead atoms. The molecule has 1 saturated carbocycles. The third kappa shape index (κ3) is 3.07. The first-order chi connectivity index (χ1) is 8.63. The monoisotopic (exact) mass is 271 g/mol. The Balaban J connectivity index is 2.16. The van der Waals surface area contributed by atoms with E-state index in [4.69, 9.17) is 9.05 Å². The Morgan fingerprint density at radius 3 is 2.78 bits per heavy atom. The van der Waals surface area contributed by atoms with Gasteiger partial charge in [-0.3, -0.25) is 0 Å². The highest BCUT2D eigenvalue weighted by molar-refractivity contribution is 7.44. The van der Waals surface area contributed by atoms with Crippen molar-refractivity contribution in [2.75, 3.05) is 6.61 Å². The molecule has 0 spiro atoms. The van der Waals surface area contributed by atoms with Gasteiger partial charge in [-0.25, -0.2) is 0 Å². The van der Waals surface area contributed by atoms with Gasteiger partial charge in [0.1, 0.15) is 0 Å². The van der Waals surface area contributed by atoms with E-state index in [2.05, 4.69) is 32.0 Å². The summed E-state index contributed by atoms with van der Waals surface area (Å²) in [6.45, 7) is 11.3. The lowest BCUT2D eigenvalue weighted by molar-refractivity contribution is 0.157. The van der Waals surface area contributed by atoms with Crippen LogP contribution in [0.3, 0.4) is 0 Å². The molecule has 4 heteroatoms. The van der Waals surface area contributed by atoms with Crippen LogP contribution in [0.1, 0.15) is 46.5 Å². The Bertz CT molecular complexity index is 285. The van der Waals surface area contributed by atoms with Crippen molar-refractivity contribution in [2.24, 2.45) is 11.8 Å². The number of fused-ring (bicyclic) bond motifs is 1. The van der Waals surface area contributed by atoms with Crippen LogP contribution in [-0.4, -0.2) is 23.4 Å². The number of nitrogens with zero attached hydrogens (tertiary/aromatic N) is 1. The summed E-state index contributed by atoms with van der Waals surface area (Å²) in [4.78, 5) is 0. The minimum absolute atomic E-state index is 0.203. The summed E-state index contributed by atoms with van der Waals surface area (Å²) in [5.74, 6) is 1.36. The molecule has 3 nitrogen and oxygen atoms in total. The second-order valence-electron chi connectivity index (χ2n) is 5.74. The quantitative estimate of drug-likeness (QED) is 0.714. The Kier molecular flexibility index (Phi) is 5.06. The van der Waals surface area contributed by atoms with E-state index in [0.29, 0.717) is 12.0 Å². The van der Waals surface area contributed by atoms with E-state index in [1.165, 1.54) is 25.7 Å². The zero-order valence-electron chi connectivity index (χ0n) is 11.8. The standard InChI is InChI=1S/C14H26NO2P/c1-5-15-14-9-7-6-8-13(14)12(4)10-16-18(15)17-11(2)3/h5,11-14H,1,6-10H2,2-4H3/t12-,13?,14-,18+/m1/s1. The maximum Gasteiger partial charge on any atom is 0.289 e. The smallest absolute Gasteiger partial charge is 0.289 e. The third-order valence-electron chi connectivity index (χ3n) is 3.98. The second kappa shape index (κ2) is 6.36. The molecule has 18 heavy (non-hydrogen) atoms. The SMILES string of the molecule is C=CN1[C@@H]2CCCCC2[C@H](C)CO[P@@]1OC(C)C. The first-order valence-electron chi connectivity index (χ1n) is 7.14.